The maximum Gasteiger partial charge on any atom is 0.262 e. The van der Waals surface area contributed by atoms with E-state index in [1.54, 1.807) is 24.3 Å². The smallest absolute Gasteiger partial charge is 0.262 e. The summed E-state index contributed by atoms with van der Waals surface area (Å²) in [6.45, 7) is 8.94. The van der Waals surface area contributed by atoms with E-state index in [-0.39, 0.29) is 45.7 Å². The molecule has 3 aromatic rings. The topological polar surface area (TPSA) is 84.9 Å². The number of benzene rings is 3. The molecule has 6 rings (SSSR count). The molecule has 0 saturated heterocycles. The fourth-order valence-electron chi connectivity index (χ4n) is 7.44. The predicted octanol–water partition coefficient (Wildman–Crippen LogP) is 8.29. The molecule has 2 aliphatic carbocycles. The number of hydrogen-bond donors (Lipinski definition) is 1. The number of carbonyl (C=O) groups excluding carboxylic acids is 3. The number of anilines is 1. The maximum absolute atomic E-state index is 14.2. The van der Waals surface area contributed by atoms with Crippen LogP contribution in [0.2, 0.25) is 5.02 Å². The molecule has 3 aromatic carbocycles. The second-order valence-corrected chi connectivity index (χ2v) is 15.1. The van der Waals surface area contributed by atoms with Gasteiger partial charge in [0.25, 0.3) is 5.91 Å². The SMILES string of the molecule is COc1cc(C2C3=C(CC(C)(C)CC3=O)N(CCc3ccccc3)C3=C2C(=O)CC(C)(C)C3)cc(Cl)c1OCC(=O)Nc1ccccc1. The van der Waals surface area contributed by atoms with Gasteiger partial charge >= 0.3 is 0 Å². The van der Waals surface area contributed by atoms with E-state index in [1.165, 1.54) is 12.7 Å². The molecule has 0 fully saturated rings. The quantitative estimate of drug-likeness (QED) is 0.247. The number of rotatable bonds is 9. The zero-order valence-corrected chi connectivity index (χ0v) is 29.1. The van der Waals surface area contributed by atoms with Gasteiger partial charge in [-0.15, -0.1) is 0 Å². The summed E-state index contributed by atoms with van der Waals surface area (Å²) in [5.74, 6) is -0.282. The van der Waals surface area contributed by atoms with Crippen LogP contribution in [-0.2, 0) is 20.8 Å². The first-order valence-electron chi connectivity index (χ1n) is 16.5. The van der Waals surface area contributed by atoms with Crippen molar-refractivity contribution in [3.05, 3.63) is 111 Å². The molecular formula is C40H43ClN2O5. The second-order valence-electron chi connectivity index (χ2n) is 14.7. The van der Waals surface area contributed by atoms with Gasteiger partial charge < -0.3 is 19.7 Å². The molecule has 250 valence electrons. The number of ketones is 2. The summed E-state index contributed by atoms with van der Waals surface area (Å²) in [4.78, 5) is 43.4. The number of ether oxygens (including phenoxy) is 2. The van der Waals surface area contributed by atoms with Crippen LogP contribution >= 0.6 is 11.6 Å². The Labute approximate surface area is 288 Å². The third kappa shape index (κ3) is 6.93. The van der Waals surface area contributed by atoms with Crippen LogP contribution < -0.4 is 14.8 Å². The van der Waals surface area contributed by atoms with Crippen LogP contribution in [0.3, 0.4) is 0 Å². The third-order valence-electron chi connectivity index (χ3n) is 9.48. The summed E-state index contributed by atoms with van der Waals surface area (Å²) in [5, 5.41) is 3.04. The highest BCUT2D eigenvalue weighted by molar-refractivity contribution is 6.32. The van der Waals surface area contributed by atoms with Gasteiger partial charge in [-0.05, 0) is 65.5 Å². The highest BCUT2D eigenvalue weighted by Crippen LogP contribution is 2.55. The summed E-state index contributed by atoms with van der Waals surface area (Å²) in [6.07, 6.45) is 2.99. The number of carbonyl (C=O) groups is 3. The minimum Gasteiger partial charge on any atom is -0.493 e. The lowest BCUT2D eigenvalue weighted by molar-refractivity contribution is -0.120. The van der Waals surface area contributed by atoms with Crippen molar-refractivity contribution in [1.29, 1.82) is 0 Å². The first-order valence-corrected chi connectivity index (χ1v) is 16.9. The molecule has 0 spiro atoms. The highest BCUT2D eigenvalue weighted by atomic mass is 35.5. The van der Waals surface area contributed by atoms with Crippen LogP contribution in [0.25, 0.3) is 0 Å². The fourth-order valence-corrected chi connectivity index (χ4v) is 7.71. The Morgan fingerprint density at radius 1 is 0.854 bits per heavy atom. The van der Waals surface area contributed by atoms with Crippen LogP contribution in [0.15, 0.2) is 95.3 Å². The van der Waals surface area contributed by atoms with Crippen molar-refractivity contribution in [2.75, 3.05) is 25.6 Å². The molecule has 1 amide bonds. The lowest BCUT2D eigenvalue weighted by atomic mass is 9.63. The average Bonchev–Trinajstić information content (AvgIpc) is 3.02. The Balaban J connectivity index is 1.42. The molecule has 1 heterocycles. The van der Waals surface area contributed by atoms with Crippen molar-refractivity contribution < 1.29 is 23.9 Å². The van der Waals surface area contributed by atoms with Crippen LogP contribution in [0.5, 0.6) is 11.5 Å². The van der Waals surface area contributed by atoms with Gasteiger partial charge in [-0.1, -0.05) is 87.8 Å². The molecular weight excluding hydrogens is 624 g/mol. The summed E-state index contributed by atoms with van der Waals surface area (Å²) in [7, 11) is 1.51. The Kier molecular flexibility index (Phi) is 9.27. The highest BCUT2D eigenvalue weighted by Gasteiger charge is 2.49. The molecule has 0 unspecified atom stereocenters. The monoisotopic (exact) mass is 666 g/mol. The zero-order valence-electron chi connectivity index (χ0n) is 28.3. The standard InChI is InChI=1S/C40H43ClN2O5/c1-39(2)20-29-36(31(44)22-39)35(37-30(21-40(3,4)23-32(37)45)43(29)17-16-25-12-8-6-9-13-25)26-18-28(41)38(33(19-26)47-5)48-24-34(46)42-27-14-10-7-11-15-27/h6-15,18-19,35H,16-17,20-24H2,1-5H3,(H,42,46). The molecule has 7 nitrogen and oxygen atoms in total. The number of allylic oxidation sites excluding steroid dienone is 4. The van der Waals surface area contributed by atoms with E-state index in [0.29, 0.717) is 60.4 Å². The summed E-state index contributed by atoms with van der Waals surface area (Å²) >= 11 is 6.89. The normalized spacial score (nSPS) is 18.8. The molecule has 0 radical (unpaired) electrons. The van der Waals surface area contributed by atoms with E-state index in [1.807, 2.05) is 36.4 Å². The Morgan fingerprint density at radius 2 is 1.42 bits per heavy atom. The van der Waals surface area contributed by atoms with E-state index in [2.05, 4.69) is 50.0 Å². The number of nitrogens with zero attached hydrogens (tertiary/aromatic N) is 1. The minimum atomic E-state index is -0.586. The number of Topliss-reactive ketones (excluding diaryl/α,β-unsaturated/α-hetero) is 2. The van der Waals surface area contributed by atoms with Gasteiger partial charge in [0.05, 0.1) is 12.1 Å². The van der Waals surface area contributed by atoms with Crippen LogP contribution in [0.1, 0.15) is 70.4 Å². The van der Waals surface area contributed by atoms with E-state index in [0.717, 1.165) is 17.8 Å². The average molecular weight is 667 g/mol. The van der Waals surface area contributed by atoms with Crippen molar-refractivity contribution in [2.24, 2.45) is 10.8 Å². The predicted molar refractivity (Wildman–Crippen MR) is 188 cm³/mol. The summed E-state index contributed by atoms with van der Waals surface area (Å²) < 4.78 is 11.7. The molecule has 1 aliphatic heterocycles. The maximum atomic E-state index is 14.2. The number of halogens is 1. The summed E-state index contributed by atoms with van der Waals surface area (Å²) in [5.41, 5.74) is 5.42. The molecule has 48 heavy (non-hydrogen) atoms. The van der Waals surface area contributed by atoms with Gasteiger partial charge in [0.15, 0.2) is 29.7 Å². The number of methoxy groups -OCH3 is 1. The van der Waals surface area contributed by atoms with Crippen molar-refractivity contribution >= 4 is 34.8 Å². The van der Waals surface area contributed by atoms with Gasteiger partial charge in [0.2, 0.25) is 0 Å². The van der Waals surface area contributed by atoms with Crippen molar-refractivity contribution in [2.45, 2.75) is 65.7 Å². The molecule has 8 heteroatoms. The first kappa shape index (κ1) is 33.5. The van der Waals surface area contributed by atoms with E-state index < -0.39 is 5.92 Å². The molecule has 0 bridgehead atoms. The summed E-state index contributed by atoms with van der Waals surface area (Å²) in [6, 6.07) is 23.0. The molecule has 3 aliphatic rings. The van der Waals surface area contributed by atoms with E-state index in [4.69, 9.17) is 21.1 Å². The number of amides is 1. The largest absolute Gasteiger partial charge is 0.493 e. The lowest BCUT2D eigenvalue weighted by Crippen LogP contribution is -2.45. The van der Waals surface area contributed by atoms with Crippen molar-refractivity contribution in [3.63, 3.8) is 0 Å². The molecule has 0 atom stereocenters. The van der Waals surface area contributed by atoms with Crippen LogP contribution in [0.4, 0.5) is 5.69 Å². The van der Waals surface area contributed by atoms with E-state index >= 15 is 0 Å². The number of para-hydroxylation sites is 1. The Hall–Kier alpha value is -4.36. The van der Waals surface area contributed by atoms with Crippen LogP contribution in [0, 0.1) is 10.8 Å². The third-order valence-corrected chi connectivity index (χ3v) is 9.76. The van der Waals surface area contributed by atoms with Gasteiger partial charge in [-0.2, -0.15) is 0 Å². The molecule has 1 N–H and O–H groups in total. The minimum absolute atomic E-state index is 0.0492. The Bertz CT molecular complexity index is 1760. The number of hydrogen-bond acceptors (Lipinski definition) is 6. The first-order chi connectivity index (χ1) is 22.9. The van der Waals surface area contributed by atoms with Gasteiger partial charge in [-0.3, -0.25) is 14.4 Å². The van der Waals surface area contributed by atoms with Gasteiger partial charge in [0, 0.05) is 53.5 Å². The van der Waals surface area contributed by atoms with Gasteiger partial charge in [0.1, 0.15) is 0 Å². The fraction of sp³-hybridized carbons (Fsp3) is 0.375. The number of nitrogens with one attached hydrogen (secondary N) is 1. The van der Waals surface area contributed by atoms with Gasteiger partial charge in [-0.25, -0.2) is 0 Å². The molecule has 0 saturated carbocycles. The van der Waals surface area contributed by atoms with Crippen molar-refractivity contribution in [1.82, 2.24) is 4.90 Å². The van der Waals surface area contributed by atoms with E-state index in [9.17, 15) is 14.4 Å². The lowest BCUT2D eigenvalue weighted by Gasteiger charge is -2.49. The molecule has 0 aromatic heterocycles. The second kappa shape index (κ2) is 13.3. The van der Waals surface area contributed by atoms with Crippen molar-refractivity contribution in [3.8, 4) is 11.5 Å². The Morgan fingerprint density at radius 3 is 1.98 bits per heavy atom. The van der Waals surface area contributed by atoms with Crippen LogP contribution in [-0.4, -0.2) is 42.6 Å². The zero-order chi connectivity index (χ0) is 34.2.